The summed E-state index contributed by atoms with van der Waals surface area (Å²) >= 11 is 0. The molecule has 128 valence electrons. The zero-order valence-corrected chi connectivity index (χ0v) is 14.0. The highest BCUT2D eigenvalue weighted by atomic mass is 35.5. The Balaban J connectivity index is 0.00000264. The lowest BCUT2D eigenvalue weighted by molar-refractivity contribution is -0.145. The number of carbonyl (C=O) groups excluding carboxylic acids is 1. The molecule has 0 spiro atoms. The number of benzene rings is 1. The van der Waals surface area contributed by atoms with Crippen LogP contribution in [0.5, 0.6) is 5.75 Å². The van der Waals surface area contributed by atoms with Crippen molar-refractivity contribution in [2.24, 2.45) is 0 Å². The van der Waals surface area contributed by atoms with Gasteiger partial charge in [-0.05, 0) is 37.1 Å². The number of nitrogens with zero attached hydrogens (tertiary/aromatic N) is 1. The molecule has 1 aromatic carbocycles. The van der Waals surface area contributed by atoms with E-state index in [0.717, 1.165) is 24.2 Å². The van der Waals surface area contributed by atoms with Crippen LogP contribution in [0.3, 0.4) is 0 Å². The summed E-state index contributed by atoms with van der Waals surface area (Å²) in [5.41, 5.74) is 0.975. The Kier molecular flexibility index (Phi) is 7.85. The molecule has 0 aromatic heterocycles. The lowest BCUT2D eigenvalue weighted by atomic mass is 10.0. The van der Waals surface area contributed by atoms with Crippen LogP contribution in [-0.2, 0) is 16.1 Å². The van der Waals surface area contributed by atoms with Gasteiger partial charge in [-0.25, -0.2) is 0 Å². The summed E-state index contributed by atoms with van der Waals surface area (Å²) in [6.07, 6.45) is 2.46. The number of amides is 1. The molecule has 0 radical (unpaired) electrons. The number of carboxylic acids is 1. The Morgan fingerprint density at radius 2 is 2.00 bits per heavy atom. The summed E-state index contributed by atoms with van der Waals surface area (Å²) in [7, 11) is 1.61. The van der Waals surface area contributed by atoms with Gasteiger partial charge < -0.3 is 15.2 Å². The van der Waals surface area contributed by atoms with Crippen LogP contribution in [0.2, 0.25) is 0 Å². The van der Waals surface area contributed by atoms with Gasteiger partial charge in [-0.15, -0.1) is 12.4 Å². The van der Waals surface area contributed by atoms with Crippen LogP contribution < -0.4 is 10.1 Å². The summed E-state index contributed by atoms with van der Waals surface area (Å²) in [5, 5.41) is 12.0. The van der Waals surface area contributed by atoms with Crippen molar-refractivity contribution < 1.29 is 19.4 Å². The largest absolute Gasteiger partial charge is 0.497 e. The van der Waals surface area contributed by atoms with Crippen LogP contribution in [0, 0.1) is 0 Å². The van der Waals surface area contributed by atoms with Gasteiger partial charge >= 0.3 is 5.97 Å². The molecule has 1 aliphatic heterocycles. The summed E-state index contributed by atoms with van der Waals surface area (Å²) in [4.78, 5) is 25.0. The molecule has 1 aliphatic rings. The van der Waals surface area contributed by atoms with E-state index >= 15 is 0 Å². The third-order valence-electron chi connectivity index (χ3n) is 3.89. The highest BCUT2D eigenvalue weighted by Crippen LogP contribution is 2.16. The van der Waals surface area contributed by atoms with Gasteiger partial charge in [0.25, 0.3) is 0 Å². The van der Waals surface area contributed by atoms with E-state index in [2.05, 4.69) is 5.32 Å². The van der Waals surface area contributed by atoms with Crippen LogP contribution in [0.25, 0.3) is 0 Å². The molecule has 0 saturated carbocycles. The number of carbonyl (C=O) groups is 2. The molecule has 1 atom stereocenters. The van der Waals surface area contributed by atoms with Gasteiger partial charge in [0.05, 0.1) is 13.7 Å². The number of hydrogen-bond acceptors (Lipinski definition) is 4. The fraction of sp³-hybridized carbons (Fsp3) is 0.500. The summed E-state index contributed by atoms with van der Waals surface area (Å²) in [5.74, 6) is -0.223. The molecule has 1 unspecified atom stereocenters. The molecule has 1 saturated heterocycles. The lowest BCUT2D eigenvalue weighted by Crippen LogP contribution is -2.48. The molecule has 7 heteroatoms. The van der Waals surface area contributed by atoms with Gasteiger partial charge in [0, 0.05) is 6.54 Å². The van der Waals surface area contributed by atoms with Gasteiger partial charge in [0.2, 0.25) is 5.91 Å². The average molecular weight is 343 g/mol. The molecule has 6 nitrogen and oxygen atoms in total. The van der Waals surface area contributed by atoms with Gasteiger partial charge in [-0.2, -0.15) is 0 Å². The van der Waals surface area contributed by atoms with Crippen LogP contribution in [0.1, 0.15) is 24.8 Å². The number of piperidine rings is 1. The molecule has 0 aliphatic carbocycles. The molecule has 23 heavy (non-hydrogen) atoms. The maximum Gasteiger partial charge on any atom is 0.320 e. The Labute approximate surface area is 142 Å². The maximum atomic E-state index is 12.0. The van der Waals surface area contributed by atoms with Crippen molar-refractivity contribution in [2.75, 3.05) is 20.2 Å². The summed E-state index contributed by atoms with van der Waals surface area (Å²) in [6.45, 7) is 1.22. The van der Waals surface area contributed by atoms with E-state index in [4.69, 9.17) is 4.74 Å². The first kappa shape index (κ1) is 19.3. The minimum absolute atomic E-state index is 0. The number of halogens is 1. The minimum atomic E-state index is -0.845. The number of hydrogen-bond donors (Lipinski definition) is 2. The van der Waals surface area contributed by atoms with Crippen LogP contribution in [-0.4, -0.2) is 48.1 Å². The second kappa shape index (κ2) is 9.37. The van der Waals surface area contributed by atoms with E-state index in [0.29, 0.717) is 19.5 Å². The highest BCUT2D eigenvalue weighted by molar-refractivity contribution is 5.85. The van der Waals surface area contributed by atoms with Crippen molar-refractivity contribution in [1.82, 2.24) is 10.2 Å². The standard InChI is InChI=1S/C16H22N2O4.ClH/c1-22-13-7-5-12(6-8-13)10-17-15(19)11-18-9-3-2-4-14(18)16(20)21;/h5-8,14H,2-4,9-11H2,1H3,(H,17,19)(H,20,21);1H. The third-order valence-corrected chi connectivity index (χ3v) is 3.89. The zero-order chi connectivity index (χ0) is 15.9. The van der Waals surface area contributed by atoms with Gasteiger partial charge in [-0.1, -0.05) is 18.6 Å². The number of methoxy groups -OCH3 is 1. The second-order valence-corrected chi connectivity index (χ2v) is 5.45. The van der Waals surface area contributed by atoms with E-state index in [1.54, 1.807) is 12.0 Å². The monoisotopic (exact) mass is 342 g/mol. The molecule has 1 amide bonds. The molecule has 2 N–H and O–H groups in total. The van der Waals surface area contributed by atoms with Gasteiger partial charge in [-0.3, -0.25) is 14.5 Å². The third kappa shape index (κ3) is 5.73. The normalized spacial score (nSPS) is 17.9. The van der Waals surface area contributed by atoms with E-state index in [-0.39, 0.29) is 24.9 Å². The summed E-state index contributed by atoms with van der Waals surface area (Å²) < 4.78 is 5.08. The first-order valence-electron chi connectivity index (χ1n) is 7.46. The smallest absolute Gasteiger partial charge is 0.320 e. The Bertz CT molecular complexity index is 521. The van der Waals surface area contributed by atoms with E-state index in [1.165, 1.54) is 0 Å². The predicted octanol–water partition coefficient (Wildman–Crippen LogP) is 1.67. The predicted molar refractivity (Wildman–Crippen MR) is 88.9 cm³/mol. The minimum Gasteiger partial charge on any atom is -0.497 e. The van der Waals surface area contributed by atoms with Crippen LogP contribution in [0.15, 0.2) is 24.3 Å². The van der Waals surface area contributed by atoms with Crippen molar-refractivity contribution in [3.63, 3.8) is 0 Å². The van der Waals surface area contributed by atoms with Crippen molar-refractivity contribution in [3.05, 3.63) is 29.8 Å². The zero-order valence-electron chi connectivity index (χ0n) is 13.2. The van der Waals surface area contributed by atoms with E-state index in [9.17, 15) is 14.7 Å². The SMILES string of the molecule is COc1ccc(CNC(=O)CN2CCCCC2C(=O)O)cc1.Cl. The van der Waals surface area contributed by atoms with Crippen molar-refractivity contribution in [2.45, 2.75) is 31.8 Å². The lowest BCUT2D eigenvalue weighted by Gasteiger charge is -2.32. The quantitative estimate of drug-likeness (QED) is 0.822. The molecule has 1 heterocycles. The number of rotatable bonds is 6. The first-order chi connectivity index (χ1) is 10.6. The maximum absolute atomic E-state index is 12.0. The average Bonchev–Trinajstić information content (AvgIpc) is 2.53. The number of nitrogens with one attached hydrogen (secondary N) is 1. The fourth-order valence-corrected chi connectivity index (χ4v) is 2.64. The molecule has 1 aromatic rings. The second-order valence-electron chi connectivity index (χ2n) is 5.45. The number of carboxylic acid groups (broad SMARTS) is 1. The highest BCUT2D eigenvalue weighted by Gasteiger charge is 2.29. The van der Waals surface area contributed by atoms with Crippen molar-refractivity contribution in [3.8, 4) is 5.75 Å². The summed E-state index contributed by atoms with van der Waals surface area (Å²) in [6, 6.07) is 6.92. The topological polar surface area (TPSA) is 78.9 Å². The van der Waals surface area contributed by atoms with E-state index in [1.807, 2.05) is 24.3 Å². The molecular formula is C16H23ClN2O4. The van der Waals surface area contributed by atoms with Crippen LogP contribution >= 0.6 is 12.4 Å². The Morgan fingerprint density at radius 3 is 2.61 bits per heavy atom. The number of aliphatic carboxylic acids is 1. The molecule has 2 rings (SSSR count). The Morgan fingerprint density at radius 1 is 1.30 bits per heavy atom. The fourth-order valence-electron chi connectivity index (χ4n) is 2.64. The van der Waals surface area contributed by atoms with Crippen molar-refractivity contribution in [1.29, 1.82) is 0 Å². The molecule has 0 bridgehead atoms. The van der Waals surface area contributed by atoms with Gasteiger partial charge in [0.1, 0.15) is 11.8 Å². The number of ether oxygens (including phenoxy) is 1. The van der Waals surface area contributed by atoms with Crippen LogP contribution in [0.4, 0.5) is 0 Å². The van der Waals surface area contributed by atoms with Crippen molar-refractivity contribution >= 4 is 24.3 Å². The Hall–Kier alpha value is -1.79. The molecule has 1 fully saturated rings. The first-order valence-corrected chi connectivity index (χ1v) is 7.46. The van der Waals surface area contributed by atoms with Gasteiger partial charge in [0.15, 0.2) is 0 Å². The van der Waals surface area contributed by atoms with E-state index < -0.39 is 12.0 Å². The number of likely N-dealkylation sites (tertiary alicyclic amines) is 1. The molecular weight excluding hydrogens is 320 g/mol.